The van der Waals surface area contributed by atoms with Gasteiger partial charge in [0.2, 0.25) is 11.2 Å². The van der Waals surface area contributed by atoms with Crippen LogP contribution < -0.4 is 39.2 Å². The van der Waals surface area contributed by atoms with Crippen LogP contribution in [-0.2, 0) is 6.42 Å². The van der Waals surface area contributed by atoms with E-state index in [9.17, 15) is 9.59 Å². The molecule has 9 nitrogen and oxygen atoms in total. The molecule has 1 aliphatic carbocycles. The monoisotopic (exact) mass is 555 g/mol. The zero-order valence-electron chi connectivity index (χ0n) is 22.6. The highest BCUT2D eigenvalue weighted by atomic mass is 35.5. The summed E-state index contributed by atoms with van der Waals surface area (Å²) >= 11 is 6.86. The van der Waals surface area contributed by atoms with E-state index in [1.807, 2.05) is 0 Å². The van der Waals surface area contributed by atoms with Crippen LogP contribution in [0.25, 0.3) is 11.1 Å². The van der Waals surface area contributed by atoms with Gasteiger partial charge >= 0.3 is 0 Å². The lowest BCUT2D eigenvalue weighted by atomic mass is 9.95. The number of nitrogens with one attached hydrogen (secondary N) is 1. The lowest BCUT2D eigenvalue weighted by molar-refractivity contribution is 0.0932. The van der Waals surface area contributed by atoms with Crippen LogP contribution in [0.2, 0.25) is 5.02 Å². The number of halogens is 1. The summed E-state index contributed by atoms with van der Waals surface area (Å²) in [4.78, 5) is 26.6. The first kappa shape index (κ1) is 27.9. The largest absolute Gasteiger partial charge is 0.497 e. The standard InChI is InChI=1S/C29H30ClNO8/c1-34-15-7-8-17(23(13-15)36-3)29(33)31-20-11-9-18-24(16-10-12-22(35-2)21(32)14-19(16)20)26(37-4)28(39-6)27(38-5)25(18)30/h7-8,10,12-14,20H,9,11H2,1-6H3,(H,31,33)/t20-/m0/s1. The van der Waals surface area contributed by atoms with Gasteiger partial charge in [-0.2, -0.15) is 0 Å². The predicted octanol–water partition coefficient (Wildman–Crippen LogP) is 4.84. The van der Waals surface area contributed by atoms with Gasteiger partial charge in [0.25, 0.3) is 5.91 Å². The Morgan fingerprint density at radius 1 is 0.821 bits per heavy atom. The molecule has 10 heteroatoms. The average Bonchev–Trinajstić information content (AvgIpc) is 3.20. The Morgan fingerprint density at radius 3 is 2.13 bits per heavy atom. The number of carbonyl (C=O) groups is 1. The molecule has 0 saturated heterocycles. The van der Waals surface area contributed by atoms with Gasteiger partial charge < -0.3 is 33.7 Å². The highest BCUT2D eigenvalue weighted by Gasteiger charge is 2.33. The second kappa shape index (κ2) is 11.7. The van der Waals surface area contributed by atoms with Crippen LogP contribution in [0.5, 0.6) is 34.5 Å². The van der Waals surface area contributed by atoms with E-state index in [4.69, 9.17) is 40.0 Å². The summed E-state index contributed by atoms with van der Waals surface area (Å²) in [6, 6.07) is 9.19. The van der Waals surface area contributed by atoms with Gasteiger partial charge in [0.1, 0.15) is 11.5 Å². The normalized spacial score (nSPS) is 13.8. The Balaban J connectivity index is 1.94. The lowest BCUT2D eigenvalue weighted by Gasteiger charge is -2.21. The van der Waals surface area contributed by atoms with Crippen molar-refractivity contribution < 1.29 is 33.2 Å². The molecule has 0 aromatic heterocycles. The fourth-order valence-electron chi connectivity index (χ4n) is 4.91. The number of carbonyl (C=O) groups excluding carboxylic acids is 1. The predicted molar refractivity (Wildman–Crippen MR) is 147 cm³/mol. The molecule has 0 bridgehead atoms. The average molecular weight is 556 g/mol. The van der Waals surface area contributed by atoms with Crippen molar-refractivity contribution in [2.75, 3.05) is 42.7 Å². The maximum absolute atomic E-state index is 13.5. The molecule has 0 unspecified atom stereocenters. The molecular formula is C29H30ClNO8. The first-order valence-electron chi connectivity index (χ1n) is 12.1. The summed E-state index contributed by atoms with van der Waals surface area (Å²) in [6.07, 6.45) is 0.869. The minimum Gasteiger partial charge on any atom is -0.497 e. The van der Waals surface area contributed by atoms with Crippen LogP contribution in [0.1, 0.15) is 33.9 Å². The molecule has 0 spiro atoms. The van der Waals surface area contributed by atoms with Crippen LogP contribution in [-0.4, -0.2) is 48.6 Å². The molecule has 1 amide bonds. The van der Waals surface area contributed by atoms with Crippen LogP contribution in [0.4, 0.5) is 0 Å². The molecule has 4 rings (SSSR count). The maximum Gasteiger partial charge on any atom is 0.255 e. The lowest BCUT2D eigenvalue weighted by Crippen LogP contribution is -2.29. The molecule has 39 heavy (non-hydrogen) atoms. The van der Waals surface area contributed by atoms with E-state index in [1.54, 1.807) is 30.3 Å². The summed E-state index contributed by atoms with van der Waals surface area (Å²) in [7, 11) is 8.96. The van der Waals surface area contributed by atoms with E-state index in [1.165, 1.54) is 48.7 Å². The summed E-state index contributed by atoms with van der Waals surface area (Å²) in [5.74, 6) is 1.74. The van der Waals surface area contributed by atoms with Crippen LogP contribution in [0.3, 0.4) is 0 Å². The number of hydrogen-bond donors (Lipinski definition) is 1. The van der Waals surface area contributed by atoms with E-state index in [0.717, 1.165) is 5.56 Å². The van der Waals surface area contributed by atoms with Crippen molar-refractivity contribution in [3.8, 4) is 45.6 Å². The van der Waals surface area contributed by atoms with Gasteiger partial charge in [0.05, 0.1) is 59.3 Å². The molecule has 0 aliphatic heterocycles. The van der Waals surface area contributed by atoms with Crippen molar-refractivity contribution in [2.24, 2.45) is 0 Å². The number of amides is 1. The second-order valence-corrected chi connectivity index (χ2v) is 9.06. The van der Waals surface area contributed by atoms with Crippen LogP contribution in [0.15, 0.2) is 41.2 Å². The van der Waals surface area contributed by atoms with Crippen molar-refractivity contribution in [3.63, 3.8) is 0 Å². The highest BCUT2D eigenvalue weighted by molar-refractivity contribution is 6.34. The highest BCUT2D eigenvalue weighted by Crippen LogP contribution is 2.54. The number of hydrogen-bond acceptors (Lipinski definition) is 8. The van der Waals surface area contributed by atoms with Crippen molar-refractivity contribution in [2.45, 2.75) is 18.9 Å². The summed E-state index contributed by atoms with van der Waals surface area (Å²) in [5.41, 5.74) is 2.57. The van der Waals surface area contributed by atoms with Crippen molar-refractivity contribution >= 4 is 17.5 Å². The van der Waals surface area contributed by atoms with Gasteiger partial charge in [0.15, 0.2) is 17.2 Å². The van der Waals surface area contributed by atoms with Crippen molar-refractivity contribution in [3.05, 3.63) is 68.3 Å². The van der Waals surface area contributed by atoms with Gasteiger partial charge in [-0.15, -0.1) is 0 Å². The number of fused-ring (bicyclic) bond motifs is 3. The number of ether oxygens (including phenoxy) is 6. The zero-order chi connectivity index (χ0) is 28.3. The molecule has 0 saturated carbocycles. The molecular weight excluding hydrogens is 526 g/mol. The van der Waals surface area contributed by atoms with Gasteiger partial charge in [-0.3, -0.25) is 9.59 Å². The first-order chi connectivity index (χ1) is 18.8. The number of methoxy groups -OCH3 is 6. The molecule has 3 aromatic carbocycles. The minimum absolute atomic E-state index is 0.150. The third kappa shape index (κ3) is 5.02. The van der Waals surface area contributed by atoms with Crippen LogP contribution >= 0.6 is 11.6 Å². The first-order valence-corrected chi connectivity index (χ1v) is 12.5. The Hall–Kier alpha value is -4.11. The fourth-order valence-corrected chi connectivity index (χ4v) is 5.26. The molecule has 206 valence electrons. The minimum atomic E-state index is -0.575. The molecule has 3 aromatic rings. The molecule has 1 atom stereocenters. The van der Waals surface area contributed by atoms with Gasteiger partial charge in [0, 0.05) is 11.6 Å². The van der Waals surface area contributed by atoms with E-state index >= 15 is 0 Å². The molecule has 1 aliphatic rings. The summed E-state index contributed by atoms with van der Waals surface area (Å²) in [6.45, 7) is 0. The third-order valence-electron chi connectivity index (χ3n) is 6.77. The van der Waals surface area contributed by atoms with E-state index in [0.29, 0.717) is 68.9 Å². The molecule has 0 radical (unpaired) electrons. The Labute approximate surface area is 231 Å². The third-order valence-corrected chi connectivity index (χ3v) is 7.17. The second-order valence-electron chi connectivity index (χ2n) is 8.68. The Bertz CT molecular complexity index is 1470. The van der Waals surface area contributed by atoms with E-state index in [-0.39, 0.29) is 17.1 Å². The van der Waals surface area contributed by atoms with Gasteiger partial charge in [-0.05, 0) is 53.8 Å². The van der Waals surface area contributed by atoms with E-state index in [2.05, 4.69) is 5.32 Å². The smallest absolute Gasteiger partial charge is 0.255 e. The summed E-state index contributed by atoms with van der Waals surface area (Å²) < 4.78 is 33.0. The van der Waals surface area contributed by atoms with Crippen LogP contribution in [0, 0.1) is 0 Å². The maximum atomic E-state index is 13.5. The number of rotatable bonds is 8. The number of benzene rings is 2. The quantitative estimate of drug-likeness (QED) is 0.421. The van der Waals surface area contributed by atoms with E-state index < -0.39 is 6.04 Å². The molecule has 0 heterocycles. The van der Waals surface area contributed by atoms with Crippen molar-refractivity contribution in [1.29, 1.82) is 0 Å². The topological polar surface area (TPSA) is 102 Å². The summed E-state index contributed by atoms with van der Waals surface area (Å²) in [5, 5.41) is 3.45. The Morgan fingerprint density at radius 2 is 1.51 bits per heavy atom. The van der Waals surface area contributed by atoms with Crippen molar-refractivity contribution in [1.82, 2.24) is 5.32 Å². The molecule has 0 fully saturated rings. The van der Waals surface area contributed by atoms with Gasteiger partial charge in [-0.25, -0.2) is 0 Å². The zero-order valence-corrected chi connectivity index (χ0v) is 23.4. The van der Waals surface area contributed by atoms with Gasteiger partial charge in [-0.1, -0.05) is 17.7 Å². The molecule has 1 N–H and O–H groups in total. The Kier molecular flexibility index (Phi) is 8.40. The SMILES string of the molecule is COc1ccc(C(=O)N[C@H]2CCc3c(Cl)c(OC)c(OC)c(OC)c3-c3ccc(OC)c(=O)cc32)c(OC)c1. The fraction of sp³-hybridized carbons (Fsp3) is 0.310.